The van der Waals surface area contributed by atoms with Crippen LogP contribution in [0.15, 0.2) is 34.2 Å². The van der Waals surface area contributed by atoms with Crippen LogP contribution < -0.4 is 4.72 Å². The van der Waals surface area contributed by atoms with E-state index in [2.05, 4.69) is 35.5 Å². The van der Waals surface area contributed by atoms with Crippen LogP contribution in [0.5, 0.6) is 0 Å². The maximum Gasteiger partial charge on any atom is 0.263 e. The highest BCUT2D eigenvalue weighted by Gasteiger charge is 2.29. The summed E-state index contributed by atoms with van der Waals surface area (Å²) in [5, 5.41) is 0. The first-order valence-corrected chi connectivity index (χ1v) is 8.77. The van der Waals surface area contributed by atoms with Gasteiger partial charge in [0.2, 0.25) is 0 Å². The second-order valence-corrected chi connectivity index (χ2v) is 7.26. The number of benzene rings is 1. The van der Waals surface area contributed by atoms with Crippen molar-refractivity contribution in [1.29, 1.82) is 0 Å². The molecule has 0 radical (unpaired) electrons. The topological polar surface area (TPSA) is 61.8 Å². The molecule has 0 saturated heterocycles. The van der Waals surface area contributed by atoms with Crippen molar-refractivity contribution in [1.82, 2.24) is 9.62 Å². The van der Waals surface area contributed by atoms with Gasteiger partial charge in [-0.3, -0.25) is 9.71 Å². The highest BCUT2D eigenvalue weighted by Crippen LogP contribution is 2.22. The molecule has 21 heavy (non-hydrogen) atoms. The van der Waals surface area contributed by atoms with E-state index >= 15 is 0 Å². The zero-order chi connectivity index (χ0) is 15.5. The van der Waals surface area contributed by atoms with Gasteiger partial charge in [-0.2, -0.15) is 0 Å². The Kier molecular flexibility index (Phi) is 5.00. The molecular weight excluding hydrogens is 286 g/mol. The summed E-state index contributed by atoms with van der Waals surface area (Å²) in [7, 11) is -1.30. The molecule has 0 unspecified atom stereocenters. The normalized spacial score (nSPS) is 18.2. The molecule has 0 amide bonds. The number of sulfonamides is 1. The van der Waals surface area contributed by atoms with E-state index < -0.39 is 10.0 Å². The average molecular weight is 309 g/mol. The van der Waals surface area contributed by atoms with Crippen LogP contribution in [0.2, 0.25) is 0 Å². The molecule has 1 aromatic carbocycles. The number of rotatable bonds is 6. The molecule has 0 bridgehead atoms. The Bertz CT molecular complexity index is 624. The molecule has 0 fully saturated rings. The highest BCUT2D eigenvalue weighted by atomic mass is 32.2. The van der Waals surface area contributed by atoms with Gasteiger partial charge in [0.1, 0.15) is 5.84 Å². The Morgan fingerprint density at radius 1 is 1.24 bits per heavy atom. The first-order valence-electron chi connectivity index (χ1n) is 7.29. The molecule has 0 saturated carbocycles. The van der Waals surface area contributed by atoms with Crippen LogP contribution in [0.4, 0.5) is 0 Å². The van der Waals surface area contributed by atoms with Crippen molar-refractivity contribution in [2.24, 2.45) is 4.99 Å². The summed E-state index contributed by atoms with van der Waals surface area (Å²) < 4.78 is 26.4. The van der Waals surface area contributed by atoms with E-state index in [1.54, 1.807) is 18.2 Å². The van der Waals surface area contributed by atoms with Crippen LogP contribution in [0.1, 0.15) is 32.3 Å². The summed E-state index contributed by atoms with van der Waals surface area (Å²) in [6.07, 6.45) is 2.00. The second kappa shape index (κ2) is 6.58. The minimum atomic E-state index is -3.41. The van der Waals surface area contributed by atoms with E-state index in [1.807, 2.05) is 6.07 Å². The quantitative estimate of drug-likeness (QED) is 0.816. The van der Waals surface area contributed by atoms with Crippen molar-refractivity contribution in [2.75, 3.05) is 20.1 Å². The summed E-state index contributed by atoms with van der Waals surface area (Å²) in [6, 6.07) is 7.50. The molecule has 1 aromatic rings. The molecule has 5 nitrogen and oxygen atoms in total. The lowest BCUT2D eigenvalue weighted by atomic mass is 10.2. The fourth-order valence-electron chi connectivity index (χ4n) is 2.17. The summed E-state index contributed by atoms with van der Waals surface area (Å²) in [5.41, 5.74) is 0.678. The van der Waals surface area contributed by atoms with Gasteiger partial charge in [-0.25, -0.2) is 8.42 Å². The molecule has 0 aliphatic carbocycles. The number of nitrogens with one attached hydrogen (secondary N) is 1. The number of fused-ring (bicyclic) bond motifs is 1. The highest BCUT2D eigenvalue weighted by molar-refractivity contribution is 7.90. The molecule has 6 heteroatoms. The third kappa shape index (κ3) is 3.83. The summed E-state index contributed by atoms with van der Waals surface area (Å²) in [6.45, 7) is 6.01. The van der Waals surface area contributed by atoms with Gasteiger partial charge in [0.25, 0.3) is 10.0 Å². The van der Waals surface area contributed by atoms with Crippen molar-refractivity contribution >= 4 is 15.9 Å². The van der Waals surface area contributed by atoms with E-state index in [-0.39, 0.29) is 0 Å². The Balaban J connectivity index is 1.92. The van der Waals surface area contributed by atoms with Gasteiger partial charge in [-0.15, -0.1) is 0 Å². The average Bonchev–Trinajstić information content (AvgIpc) is 2.70. The van der Waals surface area contributed by atoms with Crippen LogP contribution >= 0.6 is 0 Å². The van der Waals surface area contributed by atoms with E-state index in [0.717, 1.165) is 19.4 Å². The van der Waals surface area contributed by atoms with Crippen molar-refractivity contribution in [2.45, 2.75) is 37.6 Å². The molecule has 1 aliphatic rings. The van der Waals surface area contributed by atoms with Crippen molar-refractivity contribution in [3.05, 3.63) is 29.8 Å². The van der Waals surface area contributed by atoms with E-state index in [9.17, 15) is 8.42 Å². The van der Waals surface area contributed by atoms with Gasteiger partial charge < -0.3 is 4.90 Å². The first-order chi connectivity index (χ1) is 9.92. The Morgan fingerprint density at radius 3 is 2.67 bits per heavy atom. The molecule has 116 valence electrons. The fourth-order valence-corrected chi connectivity index (χ4v) is 3.42. The predicted octanol–water partition coefficient (Wildman–Crippen LogP) is 1.85. The number of unbranched alkanes of at least 4 members (excludes halogenated alkanes) is 1. The summed E-state index contributed by atoms with van der Waals surface area (Å²) in [5.74, 6) is 0.475. The van der Waals surface area contributed by atoms with Crippen LogP contribution in [0.3, 0.4) is 0 Å². The van der Waals surface area contributed by atoms with Crippen LogP contribution in [-0.4, -0.2) is 45.3 Å². The van der Waals surface area contributed by atoms with Crippen molar-refractivity contribution in [3.8, 4) is 0 Å². The zero-order valence-corrected chi connectivity index (χ0v) is 13.7. The van der Waals surface area contributed by atoms with Gasteiger partial charge in [0.05, 0.1) is 4.90 Å². The summed E-state index contributed by atoms with van der Waals surface area (Å²) >= 11 is 0. The van der Waals surface area contributed by atoms with Gasteiger partial charge in [0, 0.05) is 18.2 Å². The lowest BCUT2D eigenvalue weighted by Crippen LogP contribution is -2.27. The fraction of sp³-hybridized carbons (Fsp3) is 0.533. The SMILES string of the molecule is CC(C)N(C)CCCCN=C1NS(=O)(=O)c2ccccc21. The van der Waals surface area contributed by atoms with Gasteiger partial charge >= 0.3 is 0 Å². The smallest absolute Gasteiger partial charge is 0.263 e. The Labute approximate surface area is 127 Å². The maximum atomic E-state index is 11.9. The standard InChI is InChI=1S/C15H23N3O2S/c1-12(2)18(3)11-7-6-10-16-15-13-8-4-5-9-14(13)21(19,20)17-15/h4-5,8-9,12H,6-7,10-11H2,1-3H3,(H,16,17). The first kappa shape index (κ1) is 16.0. The minimum Gasteiger partial charge on any atom is -0.304 e. The maximum absolute atomic E-state index is 11.9. The monoisotopic (exact) mass is 309 g/mol. The molecule has 0 aromatic heterocycles. The van der Waals surface area contributed by atoms with Gasteiger partial charge in [-0.05, 0) is 52.4 Å². The number of aliphatic imine (C=N–C) groups is 1. The number of hydrogen-bond acceptors (Lipinski definition) is 4. The third-order valence-corrected chi connectivity index (χ3v) is 5.13. The predicted molar refractivity (Wildman–Crippen MR) is 85.2 cm³/mol. The molecule has 0 spiro atoms. The molecular formula is C15H23N3O2S. The van der Waals surface area contributed by atoms with E-state index in [4.69, 9.17) is 0 Å². The van der Waals surface area contributed by atoms with Crippen molar-refractivity contribution in [3.63, 3.8) is 0 Å². The zero-order valence-electron chi connectivity index (χ0n) is 12.8. The lowest BCUT2D eigenvalue weighted by Gasteiger charge is -2.20. The molecule has 1 aliphatic heterocycles. The largest absolute Gasteiger partial charge is 0.304 e. The molecule has 0 atom stereocenters. The Morgan fingerprint density at radius 2 is 1.95 bits per heavy atom. The Hall–Kier alpha value is -1.40. The molecule has 1 heterocycles. The molecule has 2 rings (SSSR count). The van der Waals surface area contributed by atoms with Crippen LogP contribution in [0.25, 0.3) is 0 Å². The minimum absolute atomic E-state index is 0.322. The second-order valence-electron chi connectivity index (χ2n) is 5.61. The van der Waals surface area contributed by atoms with Crippen LogP contribution in [0, 0.1) is 0 Å². The summed E-state index contributed by atoms with van der Waals surface area (Å²) in [4.78, 5) is 7.02. The molecule has 1 N–H and O–H groups in total. The number of amidine groups is 1. The van der Waals surface area contributed by atoms with E-state index in [1.165, 1.54) is 0 Å². The number of hydrogen-bond donors (Lipinski definition) is 1. The third-order valence-electron chi connectivity index (χ3n) is 3.73. The van der Waals surface area contributed by atoms with Gasteiger partial charge in [0.15, 0.2) is 0 Å². The van der Waals surface area contributed by atoms with Gasteiger partial charge in [-0.1, -0.05) is 12.1 Å². The number of nitrogens with zero attached hydrogens (tertiary/aromatic N) is 2. The van der Waals surface area contributed by atoms with E-state index in [0.29, 0.717) is 28.9 Å². The van der Waals surface area contributed by atoms with Crippen molar-refractivity contribution < 1.29 is 8.42 Å². The van der Waals surface area contributed by atoms with Crippen LogP contribution in [-0.2, 0) is 10.0 Å². The lowest BCUT2D eigenvalue weighted by molar-refractivity contribution is 0.269.